The van der Waals surface area contributed by atoms with E-state index in [2.05, 4.69) is 38.2 Å². The van der Waals surface area contributed by atoms with Crippen LogP contribution in [0, 0.1) is 5.92 Å². The molecule has 1 saturated heterocycles. The van der Waals surface area contributed by atoms with Gasteiger partial charge in [-0.2, -0.15) is 0 Å². The third kappa shape index (κ3) is 4.22. The van der Waals surface area contributed by atoms with E-state index in [0.717, 1.165) is 18.8 Å². The van der Waals surface area contributed by atoms with Crippen molar-refractivity contribution in [2.45, 2.75) is 45.3 Å². The lowest BCUT2D eigenvalue weighted by Crippen LogP contribution is -2.33. The molecule has 3 N–H and O–H groups in total. The smallest absolute Gasteiger partial charge is 0.120 e. The molecule has 0 amide bonds. The minimum absolute atomic E-state index is 0.144. The summed E-state index contributed by atoms with van der Waals surface area (Å²) in [7, 11) is 0. The van der Waals surface area contributed by atoms with Crippen LogP contribution in [0.4, 0.5) is 0 Å². The summed E-state index contributed by atoms with van der Waals surface area (Å²) in [5, 5.41) is 3.38. The van der Waals surface area contributed by atoms with Crippen molar-refractivity contribution >= 4 is 0 Å². The number of benzene rings is 1. The lowest BCUT2D eigenvalue weighted by molar-refractivity contribution is 0.131. The molecule has 0 radical (unpaired) electrons. The highest BCUT2D eigenvalue weighted by molar-refractivity contribution is 5.29. The van der Waals surface area contributed by atoms with Crippen molar-refractivity contribution in [1.29, 1.82) is 0 Å². The van der Waals surface area contributed by atoms with Gasteiger partial charge in [-0.15, -0.1) is 0 Å². The number of piperidine rings is 1. The topological polar surface area (TPSA) is 47.3 Å². The van der Waals surface area contributed by atoms with Crippen molar-refractivity contribution < 1.29 is 4.74 Å². The fourth-order valence-corrected chi connectivity index (χ4v) is 2.59. The average molecular weight is 262 g/mol. The van der Waals surface area contributed by atoms with Gasteiger partial charge in [-0.25, -0.2) is 0 Å². The molecule has 3 heteroatoms. The summed E-state index contributed by atoms with van der Waals surface area (Å²) in [6, 6.07) is 8.41. The molecule has 0 unspecified atom stereocenters. The first kappa shape index (κ1) is 14.4. The highest BCUT2D eigenvalue weighted by Gasteiger charge is 2.21. The van der Waals surface area contributed by atoms with Crippen LogP contribution in [-0.4, -0.2) is 18.7 Å². The summed E-state index contributed by atoms with van der Waals surface area (Å²) in [4.78, 5) is 0. The van der Waals surface area contributed by atoms with Crippen LogP contribution in [0.15, 0.2) is 24.3 Å². The van der Waals surface area contributed by atoms with E-state index in [0.29, 0.717) is 5.92 Å². The maximum atomic E-state index is 6.38. The number of ether oxygens (including phenoxy) is 1. The first-order chi connectivity index (χ1) is 8.96. The molecule has 1 fully saturated rings. The van der Waals surface area contributed by atoms with E-state index in [1.807, 2.05) is 12.1 Å². The highest BCUT2D eigenvalue weighted by Crippen LogP contribution is 2.28. The number of nitrogens with two attached hydrogens (primary N) is 1. The quantitative estimate of drug-likeness (QED) is 0.880. The van der Waals surface area contributed by atoms with Gasteiger partial charge < -0.3 is 15.8 Å². The fraction of sp³-hybridized carbons (Fsp3) is 0.625. The van der Waals surface area contributed by atoms with E-state index in [4.69, 9.17) is 10.5 Å². The molecular formula is C16H26N2O. The molecule has 0 aliphatic carbocycles. The van der Waals surface area contributed by atoms with Gasteiger partial charge in [0.25, 0.3) is 0 Å². The summed E-state index contributed by atoms with van der Waals surface area (Å²) in [5.74, 6) is 1.50. The van der Waals surface area contributed by atoms with Crippen LogP contribution in [-0.2, 0) is 0 Å². The van der Waals surface area contributed by atoms with Crippen LogP contribution in [0.5, 0.6) is 5.75 Å². The van der Waals surface area contributed by atoms with Crippen molar-refractivity contribution in [3.05, 3.63) is 29.8 Å². The third-order valence-electron chi connectivity index (χ3n) is 3.58. The van der Waals surface area contributed by atoms with Crippen LogP contribution < -0.4 is 15.8 Å². The Bertz CT molecular complexity index is 388. The number of hydrogen-bond donors (Lipinski definition) is 2. The highest BCUT2D eigenvalue weighted by atomic mass is 16.5. The Morgan fingerprint density at radius 1 is 1.16 bits per heavy atom. The Balaban J connectivity index is 2.01. The molecule has 0 bridgehead atoms. The minimum Gasteiger partial charge on any atom is -0.488 e. The zero-order valence-corrected chi connectivity index (χ0v) is 12.3. The zero-order valence-electron chi connectivity index (χ0n) is 12.3. The van der Waals surface area contributed by atoms with Crippen molar-refractivity contribution in [2.75, 3.05) is 13.1 Å². The van der Waals surface area contributed by atoms with E-state index in [9.17, 15) is 0 Å². The van der Waals surface area contributed by atoms with E-state index in [1.54, 1.807) is 0 Å². The molecule has 1 aromatic carbocycles. The summed E-state index contributed by atoms with van der Waals surface area (Å²) < 4.78 is 5.83. The molecule has 1 aliphatic rings. The van der Waals surface area contributed by atoms with Crippen LogP contribution in [0.2, 0.25) is 0 Å². The lowest BCUT2D eigenvalue weighted by atomic mass is 9.86. The van der Waals surface area contributed by atoms with E-state index in [1.165, 1.54) is 18.4 Å². The van der Waals surface area contributed by atoms with Gasteiger partial charge in [0.15, 0.2) is 0 Å². The number of nitrogens with one attached hydrogen (secondary N) is 1. The van der Waals surface area contributed by atoms with Crippen LogP contribution >= 0.6 is 0 Å². The monoisotopic (exact) mass is 262 g/mol. The molecule has 1 atom stereocenters. The first-order valence-electron chi connectivity index (χ1n) is 7.21. The maximum Gasteiger partial charge on any atom is 0.120 e. The Morgan fingerprint density at radius 3 is 2.26 bits per heavy atom. The second-order valence-electron chi connectivity index (χ2n) is 6.40. The molecule has 3 nitrogen and oxygen atoms in total. The molecule has 19 heavy (non-hydrogen) atoms. The van der Waals surface area contributed by atoms with Crippen molar-refractivity contribution in [1.82, 2.24) is 5.32 Å². The maximum absolute atomic E-state index is 6.38. The van der Waals surface area contributed by atoms with Crippen LogP contribution in [0.1, 0.15) is 45.2 Å². The van der Waals surface area contributed by atoms with Crippen LogP contribution in [0.25, 0.3) is 0 Å². The van der Waals surface area contributed by atoms with Gasteiger partial charge in [-0.05, 0) is 70.3 Å². The molecule has 1 aliphatic heterocycles. The van der Waals surface area contributed by atoms with Crippen molar-refractivity contribution in [2.24, 2.45) is 11.7 Å². The van der Waals surface area contributed by atoms with Gasteiger partial charge in [-0.3, -0.25) is 0 Å². The molecule has 2 rings (SSSR count). The SMILES string of the molecule is CC(C)(C)Oc1ccc([C@H](N)C2CCNCC2)cc1. The van der Waals surface area contributed by atoms with Crippen LogP contribution in [0.3, 0.4) is 0 Å². The molecule has 1 aromatic rings. The second-order valence-corrected chi connectivity index (χ2v) is 6.40. The van der Waals surface area contributed by atoms with Gasteiger partial charge in [0, 0.05) is 6.04 Å². The van der Waals surface area contributed by atoms with E-state index >= 15 is 0 Å². The Morgan fingerprint density at radius 2 is 1.74 bits per heavy atom. The van der Waals surface area contributed by atoms with E-state index in [-0.39, 0.29) is 11.6 Å². The summed E-state index contributed by atoms with van der Waals surface area (Å²) in [6.07, 6.45) is 2.34. The summed E-state index contributed by atoms with van der Waals surface area (Å²) in [5.41, 5.74) is 7.44. The third-order valence-corrected chi connectivity index (χ3v) is 3.58. The fourth-order valence-electron chi connectivity index (χ4n) is 2.59. The molecular weight excluding hydrogens is 236 g/mol. The summed E-state index contributed by atoms with van der Waals surface area (Å²) in [6.45, 7) is 8.35. The van der Waals surface area contributed by atoms with Gasteiger partial charge >= 0.3 is 0 Å². The standard InChI is InChI=1S/C16H26N2O/c1-16(2,3)19-14-6-4-12(5-7-14)15(17)13-8-10-18-11-9-13/h4-7,13,15,18H,8-11,17H2,1-3H3/t15-/m0/s1. The van der Waals surface area contributed by atoms with Gasteiger partial charge in [-0.1, -0.05) is 12.1 Å². The minimum atomic E-state index is -0.154. The van der Waals surface area contributed by atoms with Gasteiger partial charge in [0.05, 0.1) is 0 Å². The predicted molar refractivity (Wildman–Crippen MR) is 79.3 cm³/mol. The lowest BCUT2D eigenvalue weighted by Gasteiger charge is -2.28. The average Bonchev–Trinajstić information content (AvgIpc) is 2.38. The second kappa shape index (κ2) is 5.93. The molecule has 1 heterocycles. The Labute approximate surface area is 116 Å². The van der Waals surface area contributed by atoms with Gasteiger partial charge in [0.1, 0.15) is 11.4 Å². The van der Waals surface area contributed by atoms with E-state index < -0.39 is 0 Å². The van der Waals surface area contributed by atoms with Crippen molar-refractivity contribution in [3.8, 4) is 5.75 Å². The molecule has 0 spiro atoms. The first-order valence-corrected chi connectivity index (χ1v) is 7.21. The summed E-state index contributed by atoms with van der Waals surface area (Å²) >= 11 is 0. The molecule has 0 saturated carbocycles. The largest absolute Gasteiger partial charge is 0.488 e. The zero-order chi connectivity index (χ0) is 13.9. The molecule has 0 aromatic heterocycles. The van der Waals surface area contributed by atoms with Crippen molar-refractivity contribution in [3.63, 3.8) is 0 Å². The normalized spacial score (nSPS) is 19.2. The Hall–Kier alpha value is -1.06. The number of rotatable bonds is 3. The number of hydrogen-bond acceptors (Lipinski definition) is 3. The van der Waals surface area contributed by atoms with Gasteiger partial charge in [0.2, 0.25) is 0 Å². The molecule has 106 valence electrons. The predicted octanol–water partition coefficient (Wildman–Crippen LogP) is 2.86. The Kier molecular flexibility index (Phi) is 4.48.